The van der Waals surface area contributed by atoms with E-state index in [9.17, 15) is 14.4 Å². The lowest BCUT2D eigenvalue weighted by Crippen LogP contribution is -2.42. The van der Waals surface area contributed by atoms with Crippen LogP contribution in [0.1, 0.15) is 36.5 Å². The van der Waals surface area contributed by atoms with E-state index >= 15 is 0 Å². The number of primary amides is 1. The Morgan fingerprint density at radius 2 is 1.84 bits per heavy atom. The number of nitrogens with one attached hydrogen (secondary N) is 1. The van der Waals surface area contributed by atoms with Gasteiger partial charge in [-0.05, 0) is 56.6 Å². The summed E-state index contributed by atoms with van der Waals surface area (Å²) in [5.41, 5.74) is 6.39. The largest absolute Gasteiger partial charge is 0.462 e. The second-order valence-corrected chi connectivity index (χ2v) is 6.21. The number of rotatable bonds is 7. The summed E-state index contributed by atoms with van der Waals surface area (Å²) in [6, 6.07) is 6.62. The van der Waals surface area contributed by atoms with Crippen LogP contribution in [0.5, 0.6) is 0 Å². The Labute approximate surface area is 147 Å². The number of anilines is 1. The van der Waals surface area contributed by atoms with E-state index in [-0.39, 0.29) is 30.2 Å². The third-order valence-electron chi connectivity index (χ3n) is 4.20. The molecule has 0 atom stereocenters. The Bertz CT molecular complexity index is 607. The van der Waals surface area contributed by atoms with Crippen LogP contribution in [-0.4, -0.2) is 48.9 Å². The van der Waals surface area contributed by atoms with E-state index in [1.807, 2.05) is 11.8 Å². The van der Waals surface area contributed by atoms with Gasteiger partial charge in [0, 0.05) is 11.6 Å². The number of likely N-dealkylation sites (tertiary alicyclic amines) is 1. The van der Waals surface area contributed by atoms with Crippen LogP contribution in [0.25, 0.3) is 0 Å². The highest BCUT2D eigenvalue weighted by Gasteiger charge is 2.24. The predicted molar refractivity (Wildman–Crippen MR) is 94.0 cm³/mol. The van der Waals surface area contributed by atoms with Gasteiger partial charge in [0.15, 0.2) is 0 Å². The summed E-state index contributed by atoms with van der Waals surface area (Å²) in [5.74, 6) is -0.836. The molecule has 0 spiro atoms. The Morgan fingerprint density at radius 3 is 2.40 bits per heavy atom. The van der Waals surface area contributed by atoms with Crippen LogP contribution in [0.3, 0.4) is 0 Å². The molecule has 7 nitrogen and oxygen atoms in total. The molecule has 0 saturated carbocycles. The van der Waals surface area contributed by atoms with Crippen molar-refractivity contribution in [3.05, 3.63) is 29.8 Å². The highest BCUT2D eigenvalue weighted by Crippen LogP contribution is 2.16. The number of nitrogens with zero attached hydrogens (tertiary/aromatic N) is 1. The molecule has 0 radical (unpaired) electrons. The highest BCUT2D eigenvalue weighted by molar-refractivity contribution is 5.94. The standard InChI is InChI=1S/C18H25N3O4/c1-2-11-25-18(24)14-3-5-15(6-4-14)20-16(22)12-21-9-7-13(8-10-21)17(19)23/h3-6,13H,2,7-12H2,1H3,(H2,19,23)(H,20,22). The van der Waals surface area contributed by atoms with Crippen molar-refractivity contribution < 1.29 is 19.1 Å². The SMILES string of the molecule is CCCOC(=O)c1ccc(NC(=O)CN2CCC(C(N)=O)CC2)cc1. The molecule has 0 bridgehead atoms. The summed E-state index contributed by atoms with van der Waals surface area (Å²) in [7, 11) is 0. The lowest BCUT2D eigenvalue weighted by Gasteiger charge is -2.29. The van der Waals surface area contributed by atoms with Crippen LogP contribution in [0.2, 0.25) is 0 Å². The number of hydrogen-bond donors (Lipinski definition) is 2. The van der Waals surface area contributed by atoms with Crippen LogP contribution in [0, 0.1) is 5.92 Å². The van der Waals surface area contributed by atoms with Gasteiger partial charge in [-0.1, -0.05) is 6.92 Å². The van der Waals surface area contributed by atoms with Crippen LogP contribution in [0.4, 0.5) is 5.69 Å². The summed E-state index contributed by atoms with van der Waals surface area (Å²) in [6.07, 6.45) is 2.16. The summed E-state index contributed by atoms with van der Waals surface area (Å²) in [4.78, 5) is 37.0. The van der Waals surface area contributed by atoms with Crippen molar-refractivity contribution >= 4 is 23.5 Å². The molecule has 7 heteroatoms. The molecule has 1 heterocycles. The Hall–Kier alpha value is -2.41. The van der Waals surface area contributed by atoms with Gasteiger partial charge < -0.3 is 15.8 Å². The molecule has 136 valence electrons. The zero-order valence-corrected chi connectivity index (χ0v) is 14.5. The van der Waals surface area contributed by atoms with Crippen molar-refractivity contribution in [1.82, 2.24) is 4.90 Å². The van der Waals surface area contributed by atoms with E-state index < -0.39 is 0 Å². The van der Waals surface area contributed by atoms with Gasteiger partial charge >= 0.3 is 5.97 Å². The fourth-order valence-corrected chi connectivity index (χ4v) is 2.75. The third kappa shape index (κ3) is 5.86. The summed E-state index contributed by atoms with van der Waals surface area (Å²) < 4.78 is 5.06. The van der Waals surface area contributed by atoms with Crippen LogP contribution in [0.15, 0.2) is 24.3 Å². The molecule has 0 aromatic heterocycles. The van der Waals surface area contributed by atoms with Crippen LogP contribution in [-0.2, 0) is 14.3 Å². The molecular weight excluding hydrogens is 322 g/mol. The molecule has 0 aliphatic carbocycles. The zero-order valence-electron chi connectivity index (χ0n) is 14.5. The lowest BCUT2D eigenvalue weighted by atomic mass is 9.96. The summed E-state index contributed by atoms with van der Waals surface area (Å²) in [5, 5.41) is 2.81. The lowest BCUT2D eigenvalue weighted by molar-refractivity contribution is -0.123. The average molecular weight is 347 g/mol. The normalized spacial score (nSPS) is 15.6. The molecule has 3 N–H and O–H groups in total. The minimum absolute atomic E-state index is 0.0840. The van der Waals surface area contributed by atoms with E-state index in [2.05, 4.69) is 5.32 Å². The number of carbonyl (C=O) groups is 3. The number of nitrogens with two attached hydrogens (primary N) is 1. The number of esters is 1. The molecule has 1 aliphatic rings. The van der Waals surface area contributed by atoms with Gasteiger partial charge in [0.25, 0.3) is 0 Å². The molecule has 1 fully saturated rings. The molecule has 1 aromatic rings. The maximum atomic E-state index is 12.1. The van der Waals surface area contributed by atoms with E-state index in [1.54, 1.807) is 24.3 Å². The minimum Gasteiger partial charge on any atom is -0.462 e. The van der Waals surface area contributed by atoms with Crippen molar-refractivity contribution in [2.75, 3.05) is 31.6 Å². The molecule has 2 amide bonds. The second kappa shape index (κ2) is 9.17. The molecule has 1 aliphatic heterocycles. The summed E-state index contributed by atoms with van der Waals surface area (Å²) in [6.45, 7) is 3.96. The molecule has 2 rings (SSSR count). The fourth-order valence-electron chi connectivity index (χ4n) is 2.75. The molecular formula is C18H25N3O4. The van der Waals surface area contributed by atoms with Crippen molar-refractivity contribution in [3.8, 4) is 0 Å². The average Bonchev–Trinajstić information content (AvgIpc) is 2.60. The minimum atomic E-state index is -0.364. The van der Waals surface area contributed by atoms with Gasteiger partial charge in [-0.15, -0.1) is 0 Å². The van der Waals surface area contributed by atoms with E-state index in [1.165, 1.54) is 0 Å². The molecule has 25 heavy (non-hydrogen) atoms. The topological polar surface area (TPSA) is 102 Å². The number of carbonyl (C=O) groups excluding carboxylic acids is 3. The number of ether oxygens (including phenoxy) is 1. The van der Waals surface area contributed by atoms with E-state index in [4.69, 9.17) is 10.5 Å². The van der Waals surface area contributed by atoms with Gasteiger partial charge in [-0.25, -0.2) is 4.79 Å². The van der Waals surface area contributed by atoms with E-state index in [0.29, 0.717) is 43.8 Å². The first kappa shape index (κ1) is 18.9. The smallest absolute Gasteiger partial charge is 0.338 e. The van der Waals surface area contributed by atoms with Crippen molar-refractivity contribution in [2.45, 2.75) is 26.2 Å². The fraction of sp³-hybridized carbons (Fsp3) is 0.500. The van der Waals surface area contributed by atoms with Gasteiger partial charge in [-0.3, -0.25) is 14.5 Å². The molecule has 1 aromatic carbocycles. The first-order valence-electron chi connectivity index (χ1n) is 8.58. The highest BCUT2D eigenvalue weighted by atomic mass is 16.5. The van der Waals surface area contributed by atoms with Crippen molar-refractivity contribution in [2.24, 2.45) is 11.7 Å². The predicted octanol–water partition coefficient (Wildman–Crippen LogP) is 1.39. The maximum absolute atomic E-state index is 12.1. The quantitative estimate of drug-likeness (QED) is 0.726. The number of amides is 2. The van der Waals surface area contributed by atoms with Crippen molar-refractivity contribution in [1.29, 1.82) is 0 Å². The number of benzene rings is 1. The second-order valence-electron chi connectivity index (χ2n) is 6.21. The first-order valence-corrected chi connectivity index (χ1v) is 8.58. The monoisotopic (exact) mass is 347 g/mol. The molecule has 1 saturated heterocycles. The Kier molecular flexibility index (Phi) is 6.94. The number of piperidine rings is 1. The van der Waals surface area contributed by atoms with Crippen LogP contribution >= 0.6 is 0 Å². The van der Waals surface area contributed by atoms with Gasteiger partial charge in [0.2, 0.25) is 11.8 Å². The Morgan fingerprint density at radius 1 is 1.20 bits per heavy atom. The first-order chi connectivity index (χ1) is 12.0. The molecule has 0 unspecified atom stereocenters. The zero-order chi connectivity index (χ0) is 18.2. The number of hydrogen-bond acceptors (Lipinski definition) is 5. The van der Waals surface area contributed by atoms with Gasteiger partial charge in [-0.2, -0.15) is 0 Å². The van der Waals surface area contributed by atoms with Crippen molar-refractivity contribution in [3.63, 3.8) is 0 Å². The summed E-state index contributed by atoms with van der Waals surface area (Å²) >= 11 is 0. The van der Waals surface area contributed by atoms with Gasteiger partial charge in [0.05, 0.1) is 18.7 Å². The third-order valence-corrected chi connectivity index (χ3v) is 4.20. The maximum Gasteiger partial charge on any atom is 0.338 e. The Balaban J connectivity index is 1.79. The van der Waals surface area contributed by atoms with E-state index in [0.717, 1.165) is 6.42 Å². The van der Waals surface area contributed by atoms with Gasteiger partial charge in [0.1, 0.15) is 0 Å². The van der Waals surface area contributed by atoms with Crippen LogP contribution < -0.4 is 11.1 Å².